The van der Waals surface area contributed by atoms with E-state index in [0.717, 1.165) is 5.56 Å². The van der Waals surface area contributed by atoms with E-state index in [0.29, 0.717) is 41.4 Å². The number of carbonyl (C=O) groups is 1. The Morgan fingerprint density at radius 1 is 1.10 bits per heavy atom. The van der Waals surface area contributed by atoms with Gasteiger partial charge in [-0.15, -0.1) is 0 Å². The number of pyridine rings is 2. The molecule has 1 fully saturated rings. The maximum absolute atomic E-state index is 13.6. The predicted octanol–water partition coefficient (Wildman–Crippen LogP) is 6.19. The summed E-state index contributed by atoms with van der Waals surface area (Å²) in [4.78, 5) is 25.9. The van der Waals surface area contributed by atoms with Crippen LogP contribution in [0.25, 0.3) is 11.5 Å². The lowest BCUT2D eigenvalue weighted by Crippen LogP contribution is -2.18. The first-order valence-corrected chi connectivity index (χ1v) is 16.2. The summed E-state index contributed by atoms with van der Waals surface area (Å²) in [7, 11) is -7.32. The van der Waals surface area contributed by atoms with Crippen molar-refractivity contribution >= 4 is 21.0 Å². The Morgan fingerprint density at radius 2 is 1.79 bits per heavy atom. The van der Waals surface area contributed by atoms with Crippen LogP contribution in [0.4, 0.5) is 0 Å². The van der Waals surface area contributed by atoms with Gasteiger partial charge in [0.05, 0.1) is 44.0 Å². The molecule has 4 rings (SSSR count). The van der Waals surface area contributed by atoms with Crippen molar-refractivity contribution in [3.8, 4) is 11.5 Å². The zero-order valence-electron chi connectivity index (χ0n) is 22.3. The number of aryl methyl sites for hydroxylation is 2. The van der Waals surface area contributed by atoms with Crippen molar-refractivity contribution < 1.29 is 36.4 Å². The zero-order chi connectivity index (χ0) is 27.9. The van der Waals surface area contributed by atoms with Crippen LogP contribution in [0.15, 0.2) is 47.3 Å². The van der Waals surface area contributed by atoms with E-state index in [9.17, 15) is 13.9 Å². The summed E-state index contributed by atoms with van der Waals surface area (Å²) in [6, 6.07) is 6.81. The molecular formula is C26H33N3O8P2. The second-order valence-corrected chi connectivity index (χ2v) is 13.2. The van der Waals surface area contributed by atoms with Crippen LogP contribution in [-0.2, 0) is 33.6 Å². The number of rotatable bonds is 13. The van der Waals surface area contributed by atoms with Crippen LogP contribution in [0, 0.1) is 6.92 Å². The molecule has 0 aliphatic carbocycles. The largest absolute Gasteiger partial charge is 0.441 e. The minimum atomic E-state index is -3.71. The Hall–Kier alpha value is -2.52. The van der Waals surface area contributed by atoms with Crippen LogP contribution in [0.2, 0.25) is 0 Å². The SMILES string of the molecule is CCOP(=O)(CC(c1ccc(C(=O)CCc2nc(-c3ccncc3)oc2C)cn1)P1(=O)OCCCO1)OCC. The van der Waals surface area contributed by atoms with Gasteiger partial charge in [-0.2, -0.15) is 0 Å². The van der Waals surface area contributed by atoms with E-state index in [4.69, 9.17) is 22.5 Å². The third-order valence-electron chi connectivity index (χ3n) is 6.12. The smallest absolute Gasteiger partial charge is 0.340 e. The summed E-state index contributed by atoms with van der Waals surface area (Å²) in [6.45, 7) is 6.04. The zero-order valence-corrected chi connectivity index (χ0v) is 24.1. The normalized spacial score (nSPS) is 16.2. The Balaban J connectivity index is 1.49. The standard InChI is InChI=1S/C26H33N3O8P2/c1-4-33-38(31,34-5-2)18-25(39(32)35-15-6-16-36-39)23-8-7-21(17-28-23)24(30)10-9-22-19(3)37-26(29-22)20-11-13-27-14-12-20/h7-8,11-14,17,25H,4-6,9-10,15-16,18H2,1-3H3. The van der Waals surface area contributed by atoms with Crippen molar-refractivity contribution in [3.63, 3.8) is 0 Å². The van der Waals surface area contributed by atoms with Crippen molar-refractivity contribution in [3.05, 3.63) is 65.6 Å². The molecule has 0 spiro atoms. The van der Waals surface area contributed by atoms with Crippen LogP contribution < -0.4 is 0 Å². The number of hydrogen-bond acceptors (Lipinski definition) is 11. The lowest BCUT2D eigenvalue weighted by Gasteiger charge is -2.31. The molecule has 1 aliphatic rings. The summed E-state index contributed by atoms with van der Waals surface area (Å²) in [5.74, 6) is 0.994. The fraction of sp³-hybridized carbons (Fsp3) is 0.462. The monoisotopic (exact) mass is 577 g/mol. The molecule has 1 unspecified atom stereocenters. The van der Waals surface area contributed by atoms with Crippen molar-refractivity contribution in [2.75, 3.05) is 32.6 Å². The van der Waals surface area contributed by atoms with Gasteiger partial charge < -0.3 is 22.5 Å². The second-order valence-electron chi connectivity index (χ2n) is 8.86. The van der Waals surface area contributed by atoms with Crippen molar-refractivity contribution in [2.24, 2.45) is 0 Å². The second kappa shape index (κ2) is 13.2. The lowest BCUT2D eigenvalue weighted by molar-refractivity contribution is 0.0982. The third-order valence-corrected chi connectivity index (χ3v) is 10.8. The molecule has 11 nitrogen and oxygen atoms in total. The molecule has 210 valence electrons. The van der Waals surface area contributed by atoms with Gasteiger partial charge in [-0.25, -0.2) is 4.98 Å². The van der Waals surface area contributed by atoms with Crippen molar-refractivity contribution in [2.45, 2.75) is 45.7 Å². The number of Topliss-reactive ketones (excluding diaryl/α,β-unsaturated/α-hetero) is 1. The van der Waals surface area contributed by atoms with Crippen LogP contribution in [0.3, 0.4) is 0 Å². The molecule has 0 amide bonds. The molecular weight excluding hydrogens is 544 g/mol. The molecule has 0 bridgehead atoms. The summed E-state index contributed by atoms with van der Waals surface area (Å²) < 4.78 is 54.7. The number of oxazole rings is 1. The van der Waals surface area contributed by atoms with Gasteiger partial charge in [-0.3, -0.25) is 23.9 Å². The van der Waals surface area contributed by atoms with Gasteiger partial charge in [-0.1, -0.05) is 0 Å². The first-order valence-electron chi connectivity index (χ1n) is 12.9. The lowest BCUT2D eigenvalue weighted by atomic mass is 10.1. The summed E-state index contributed by atoms with van der Waals surface area (Å²) in [5.41, 5.74) is 1.24. The molecule has 4 heterocycles. The minimum absolute atomic E-state index is 0.135. The first-order chi connectivity index (χ1) is 18.8. The van der Waals surface area contributed by atoms with Gasteiger partial charge in [0.15, 0.2) is 5.78 Å². The topological polar surface area (TPSA) is 140 Å². The Morgan fingerprint density at radius 3 is 2.41 bits per heavy atom. The maximum atomic E-state index is 13.6. The number of carbonyl (C=O) groups excluding carboxylic acids is 1. The van der Waals surface area contributed by atoms with Gasteiger partial charge >= 0.3 is 15.2 Å². The molecule has 13 heteroatoms. The molecule has 1 aliphatic heterocycles. The average molecular weight is 578 g/mol. The van der Waals surface area contributed by atoms with Gasteiger partial charge in [0.1, 0.15) is 11.4 Å². The van der Waals surface area contributed by atoms with E-state index in [2.05, 4.69) is 15.0 Å². The molecule has 39 heavy (non-hydrogen) atoms. The molecule has 0 radical (unpaired) electrons. The van der Waals surface area contributed by atoms with Crippen LogP contribution in [0.5, 0.6) is 0 Å². The Bertz CT molecular complexity index is 1330. The predicted molar refractivity (Wildman–Crippen MR) is 144 cm³/mol. The van der Waals surface area contributed by atoms with E-state index < -0.39 is 20.9 Å². The highest BCUT2D eigenvalue weighted by molar-refractivity contribution is 7.58. The highest BCUT2D eigenvalue weighted by Gasteiger charge is 2.45. The molecule has 0 saturated carbocycles. The van der Waals surface area contributed by atoms with Crippen LogP contribution in [-0.4, -0.2) is 53.3 Å². The molecule has 3 aromatic rings. The molecule has 1 saturated heterocycles. The van der Waals surface area contributed by atoms with E-state index in [1.165, 1.54) is 6.20 Å². The van der Waals surface area contributed by atoms with E-state index in [1.54, 1.807) is 50.5 Å². The number of ketones is 1. The number of hydrogen-bond donors (Lipinski definition) is 0. The Labute approximate surface area is 227 Å². The first kappa shape index (κ1) is 29.5. The highest BCUT2D eigenvalue weighted by atomic mass is 31.2. The van der Waals surface area contributed by atoms with Crippen LogP contribution in [0.1, 0.15) is 59.9 Å². The number of nitrogens with zero attached hydrogens (tertiary/aromatic N) is 3. The minimum Gasteiger partial charge on any atom is -0.441 e. The van der Waals surface area contributed by atoms with Crippen molar-refractivity contribution in [1.29, 1.82) is 0 Å². The van der Waals surface area contributed by atoms with Gasteiger partial charge in [0.2, 0.25) is 5.89 Å². The van der Waals surface area contributed by atoms with E-state index in [-0.39, 0.29) is 44.8 Å². The summed E-state index contributed by atoms with van der Waals surface area (Å²) >= 11 is 0. The van der Waals surface area contributed by atoms with Gasteiger partial charge in [-0.05, 0) is 51.5 Å². The summed E-state index contributed by atoms with van der Waals surface area (Å²) in [5, 5.41) is 0. The maximum Gasteiger partial charge on any atom is 0.340 e. The van der Waals surface area contributed by atoms with Gasteiger partial charge in [0, 0.05) is 42.6 Å². The molecule has 0 aromatic carbocycles. The fourth-order valence-corrected chi connectivity index (χ4v) is 8.95. The molecule has 1 atom stereocenters. The quantitative estimate of drug-likeness (QED) is 0.170. The fourth-order valence-electron chi connectivity index (χ4n) is 4.18. The third kappa shape index (κ3) is 7.37. The Kier molecular flexibility index (Phi) is 9.99. The van der Waals surface area contributed by atoms with Crippen LogP contribution >= 0.6 is 15.2 Å². The molecule has 0 N–H and O–H groups in total. The molecule has 3 aromatic heterocycles. The van der Waals surface area contributed by atoms with E-state index >= 15 is 0 Å². The van der Waals surface area contributed by atoms with E-state index in [1.807, 2.05) is 6.92 Å². The van der Waals surface area contributed by atoms with Crippen molar-refractivity contribution in [1.82, 2.24) is 15.0 Å². The average Bonchev–Trinajstić information content (AvgIpc) is 3.32. The van der Waals surface area contributed by atoms with Gasteiger partial charge in [0.25, 0.3) is 0 Å². The highest BCUT2D eigenvalue weighted by Crippen LogP contribution is 2.67. The summed E-state index contributed by atoms with van der Waals surface area (Å²) in [6.07, 6.45) is 5.71. The number of aromatic nitrogens is 3.